The van der Waals surface area contributed by atoms with Crippen molar-refractivity contribution < 1.29 is 9.22 Å². The molecule has 0 unspecified atom stereocenters. The molecule has 2 nitrogen and oxygen atoms in total. The van der Waals surface area contributed by atoms with Crippen molar-refractivity contribution in [2.75, 3.05) is 0 Å². The smallest absolute Gasteiger partial charge is 0.184 e. The zero-order chi connectivity index (χ0) is 18.0. The van der Waals surface area contributed by atoms with Gasteiger partial charge in [-0.3, -0.25) is 4.79 Å². The summed E-state index contributed by atoms with van der Waals surface area (Å²) < 4.78 is 6.84. The van der Waals surface area contributed by atoms with Crippen LogP contribution in [-0.2, 0) is 9.22 Å². The Labute approximate surface area is 154 Å². The van der Waals surface area contributed by atoms with Crippen LogP contribution in [0.15, 0.2) is 11.6 Å². The predicted molar refractivity (Wildman–Crippen MR) is 105 cm³/mol. The summed E-state index contributed by atoms with van der Waals surface area (Å²) in [6.45, 7) is 12.0. The van der Waals surface area contributed by atoms with Gasteiger partial charge in [-0.1, -0.05) is 12.5 Å². The monoisotopic (exact) mass is 360 g/mol. The number of rotatable bonds is 2. The number of fused-ring (bicyclic) bond motifs is 5. The molecule has 3 saturated carbocycles. The zero-order valence-corrected chi connectivity index (χ0v) is 17.9. The highest BCUT2D eigenvalue weighted by atomic mass is 28.4. The molecule has 0 heterocycles. The van der Waals surface area contributed by atoms with Crippen molar-refractivity contribution in [3.8, 4) is 0 Å². The number of ketones is 1. The first-order valence-corrected chi connectivity index (χ1v) is 14.0. The Balaban J connectivity index is 1.60. The molecule has 4 aliphatic rings. The summed E-state index contributed by atoms with van der Waals surface area (Å²) in [5.74, 6) is 3.61. The van der Waals surface area contributed by atoms with Gasteiger partial charge >= 0.3 is 0 Å². The molecular weight excluding hydrogens is 324 g/mol. The first-order chi connectivity index (χ1) is 11.6. The minimum absolute atomic E-state index is 0.0752. The van der Waals surface area contributed by atoms with Gasteiger partial charge in [0.2, 0.25) is 0 Å². The molecule has 0 aromatic carbocycles. The minimum atomic E-state index is -1.54. The summed E-state index contributed by atoms with van der Waals surface area (Å²) in [5.41, 5.74) is 1.92. The highest BCUT2D eigenvalue weighted by molar-refractivity contribution is 6.69. The quantitative estimate of drug-likeness (QED) is 0.587. The average Bonchev–Trinajstić information content (AvgIpc) is 2.76. The summed E-state index contributed by atoms with van der Waals surface area (Å²) in [6.07, 6.45) is 11.7. The van der Waals surface area contributed by atoms with Crippen LogP contribution in [-0.4, -0.2) is 19.7 Å². The summed E-state index contributed by atoms with van der Waals surface area (Å²) in [7, 11) is -1.54. The maximum atomic E-state index is 11.8. The van der Waals surface area contributed by atoms with Crippen LogP contribution in [0.4, 0.5) is 0 Å². The molecule has 0 aromatic rings. The highest BCUT2D eigenvalue weighted by Crippen LogP contribution is 2.66. The Morgan fingerprint density at radius 3 is 2.48 bits per heavy atom. The van der Waals surface area contributed by atoms with Crippen molar-refractivity contribution in [2.45, 2.75) is 90.5 Å². The van der Waals surface area contributed by atoms with Crippen LogP contribution in [0, 0.1) is 29.1 Å². The molecule has 4 rings (SSSR count). The summed E-state index contributed by atoms with van der Waals surface area (Å²) in [4.78, 5) is 11.8. The molecule has 0 N–H and O–H groups in total. The van der Waals surface area contributed by atoms with E-state index in [2.05, 4.69) is 33.5 Å². The van der Waals surface area contributed by atoms with Crippen LogP contribution in [0.25, 0.3) is 0 Å². The van der Waals surface area contributed by atoms with Crippen LogP contribution in [0.5, 0.6) is 0 Å². The van der Waals surface area contributed by atoms with Gasteiger partial charge in [0, 0.05) is 6.42 Å². The second-order valence-corrected chi connectivity index (χ2v) is 15.2. The molecular formula is C22H36O2Si. The van der Waals surface area contributed by atoms with E-state index in [9.17, 15) is 4.79 Å². The second kappa shape index (κ2) is 5.79. The normalized spacial score (nSPS) is 46.9. The summed E-state index contributed by atoms with van der Waals surface area (Å²) in [6, 6.07) is 0. The van der Waals surface area contributed by atoms with Crippen molar-refractivity contribution >= 4 is 14.1 Å². The lowest BCUT2D eigenvalue weighted by Crippen LogP contribution is -2.55. The number of carbonyl (C=O) groups excluding carboxylic acids is 1. The van der Waals surface area contributed by atoms with Crippen LogP contribution >= 0.6 is 0 Å². The second-order valence-electron chi connectivity index (χ2n) is 10.7. The fraction of sp³-hybridized carbons (Fsp3) is 0.864. The van der Waals surface area contributed by atoms with Gasteiger partial charge in [0.15, 0.2) is 14.1 Å². The first kappa shape index (κ1) is 18.0. The summed E-state index contributed by atoms with van der Waals surface area (Å²) in [5, 5.41) is 0. The lowest BCUT2D eigenvalue weighted by Gasteiger charge is -2.57. The largest absolute Gasteiger partial charge is 0.412 e. The SMILES string of the molecule is C[C@]1(O[Si](C)(C)C)CC[C@@H]2[C@@H]3CCC4=CC(=O)CC[C@@H]4[C@@H]3CC[C@]21C. The molecule has 0 aromatic heterocycles. The molecule has 140 valence electrons. The number of hydrogen-bond donors (Lipinski definition) is 0. The Bertz CT molecular complexity index is 604. The van der Waals surface area contributed by atoms with Crippen molar-refractivity contribution in [1.29, 1.82) is 0 Å². The van der Waals surface area contributed by atoms with Crippen molar-refractivity contribution in [3.05, 3.63) is 11.6 Å². The average molecular weight is 361 g/mol. The maximum absolute atomic E-state index is 11.8. The zero-order valence-electron chi connectivity index (χ0n) is 16.9. The molecule has 0 saturated heterocycles. The molecule has 3 heteroatoms. The molecule has 3 fully saturated rings. The van der Waals surface area contributed by atoms with Crippen molar-refractivity contribution in [2.24, 2.45) is 29.1 Å². The van der Waals surface area contributed by atoms with Crippen LogP contribution in [0.2, 0.25) is 19.6 Å². The minimum Gasteiger partial charge on any atom is -0.412 e. The van der Waals surface area contributed by atoms with Gasteiger partial charge < -0.3 is 4.43 Å². The molecule has 25 heavy (non-hydrogen) atoms. The number of allylic oxidation sites excluding steroid dienone is 1. The molecule has 4 aliphatic carbocycles. The van der Waals surface area contributed by atoms with E-state index in [0.29, 0.717) is 17.1 Å². The first-order valence-electron chi connectivity index (χ1n) is 10.6. The molecule has 0 bridgehead atoms. The number of carbonyl (C=O) groups is 1. The maximum Gasteiger partial charge on any atom is 0.184 e. The lowest BCUT2D eigenvalue weighted by molar-refractivity contribution is -0.117. The highest BCUT2D eigenvalue weighted by Gasteiger charge is 2.62. The fourth-order valence-corrected chi connectivity index (χ4v) is 8.94. The molecule has 0 spiro atoms. The van der Waals surface area contributed by atoms with Crippen LogP contribution < -0.4 is 0 Å². The van der Waals surface area contributed by atoms with Gasteiger partial charge in [0.05, 0.1) is 5.60 Å². The van der Waals surface area contributed by atoms with Gasteiger partial charge in [-0.15, -0.1) is 0 Å². The third-order valence-electron chi connectivity index (χ3n) is 8.36. The lowest BCUT2D eigenvalue weighted by atomic mass is 9.51. The van der Waals surface area contributed by atoms with E-state index < -0.39 is 8.32 Å². The Kier molecular flexibility index (Phi) is 4.16. The van der Waals surface area contributed by atoms with E-state index in [0.717, 1.165) is 30.6 Å². The molecule has 0 aliphatic heterocycles. The third kappa shape index (κ3) is 2.81. The van der Waals surface area contributed by atoms with E-state index in [-0.39, 0.29) is 5.60 Å². The Morgan fingerprint density at radius 1 is 1.00 bits per heavy atom. The molecule has 0 radical (unpaired) electrons. The van der Waals surface area contributed by atoms with E-state index in [1.165, 1.54) is 44.1 Å². The van der Waals surface area contributed by atoms with Crippen LogP contribution in [0.1, 0.15) is 65.2 Å². The fourth-order valence-electron chi connectivity index (χ4n) is 7.25. The Hall–Kier alpha value is -0.413. The van der Waals surface area contributed by atoms with Crippen LogP contribution in [0.3, 0.4) is 0 Å². The standard InChI is InChI=1S/C22H36O2Si/c1-21-12-10-18-17-9-7-16(23)14-15(17)6-8-19(18)20(21)11-13-22(21,2)24-25(3,4)5/h14,17-20H,6-13H2,1-5H3/t17-,18-,19+,20+,21+,22-/m0/s1. The van der Waals surface area contributed by atoms with Crippen molar-refractivity contribution in [1.82, 2.24) is 0 Å². The van der Waals surface area contributed by atoms with Gasteiger partial charge in [0.25, 0.3) is 0 Å². The number of hydrogen-bond acceptors (Lipinski definition) is 2. The Morgan fingerprint density at radius 2 is 1.76 bits per heavy atom. The third-order valence-corrected chi connectivity index (χ3v) is 9.42. The van der Waals surface area contributed by atoms with Gasteiger partial charge in [-0.25, -0.2) is 0 Å². The van der Waals surface area contributed by atoms with E-state index >= 15 is 0 Å². The van der Waals surface area contributed by atoms with E-state index in [4.69, 9.17) is 4.43 Å². The predicted octanol–water partition coefficient (Wildman–Crippen LogP) is 5.74. The molecule has 6 atom stereocenters. The van der Waals surface area contributed by atoms with Gasteiger partial charge in [-0.05, 0) is 107 Å². The molecule has 0 amide bonds. The van der Waals surface area contributed by atoms with Gasteiger partial charge in [-0.2, -0.15) is 0 Å². The van der Waals surface area contributed by atoms with E-state index in [1.54, 1.807) is 0 Å². The van der Waals surface area contributed by atoms with E-state index in [1.807, 2.05) is 6.08 Å². The van der Waals surface area contributed by atoms with Gasteiger partial charge in [0.1, 0.15) is 0 Å². The topological polar surface area (TPSA) is 26.3 Å². The summed E-state index contributed by atoms with van der Waals surface area (Å²) >= 11 is 0. The van der Waals surface area contributed by atoms with Crippen molar-refractivity contribution in [3.63, 3.8) is 0 Å².